The molecule has 6 nitrogen and oxygen atoms in total. The van der Waals surface area contributed by atoms with Crippen LogP contribution in [-0.4, -0.2) is 24.9 Å². The average Bonchev–Trinajstić information content (AvgIpc) is 2.97. The lowest BCUT2D eigenvalue weighted by Crippen LogP contribution is -2.24. The van der Waals surface area contributed by atoms with Crippen LogP contribution in [0.3, 0.4) is 0 Å². The summed E-state index contributed by atoms with van der Waals surface area (Å²) in [5, 5.41) is 0. The zero-order valence-corrected chi connectivity index (χ0v) is 11.4. The fourth-order valence-corrected chi connectivity index (χ4v) is 2.73. The molecule has 4 N–H and O–H groups in total. The van der Waals surface area contributed by atoms with Crippen LogP contribution in [0.2, 0.25) is 0 Å². The van der Waals surface area contributed by atoms with Gasteiger partial charge in [0.25, 0.3) is 0 Å². The van der Waals surface area contributed by atoms with E-state index in [2.05, 4.69) is 26.5 Å². The Morgan fingerprint density at radius 2 is 2.15 bits per heavy atom. The molecule has 0 atom stereocenters. The molecule has 0 aliphatic heterocycles. The molecule has 0 aliphatic rings. The van der Waals surface area contributed by atoms with Crippen LogP contribution in [0.25, 0.3) is 0 Å². The van der Waals surface area contributed by atoms with E-state index in [0.29, 0.717) is 11.4 Å². The van der Waals surface area contributed by atoms with E-state index in [1.165, 1.54) is 6.07 Å². The lowest BCUT2D eigenvalue weighted by Gasteiger charge is -2.07. The summed E-state index contributed by atoms with van der Waals surface area (Å²) in [6, 6.07) is 6.52. The Balaban J connectivity index is 2.25. The molecular formula is C13H14N4O2S. The van der Waals surface area contributed by atoms with E-state index < -0.39 is 10.0 Å². The average molecular weight is 290 g/mol. The smallest absolute Gasteiger partial charge is 0.242 e. The van der Waals surface area contributed by atoms with Crippen LogP contribution in [0.1, 0.15) is 11.4 Å². The van der Waals surface area contributed by atoms with Gasteiger partial charge in [-0.05, 0) is 12.1 Å². The van der Waals surface area contributed by atoms with Gasteiger partial charge in [0.15, 0.2) is 0 Å². The van der Waals surface area contributed by atoms with Crippen molar-refractivity contribution in [3.63, 3.8) is 0 Å². The molecule has 2 aromatic rings. The molecule has 1 aromatic carbocycles. The summed E-state index contributed by atoms with van der Waals surface area (Å²) >= 11 is 0. The molecule has 0 unspecified atom stereocenters. The van der Waals surface area contributed by atoms with Gasteiger partial charge >= 0.3 is 0 Å². The number of nitrogens with one attached hydrogen (secondary N) is 2. The van der Waals surface area contributed by atoms with Crippen molar-refractivity contribution >= 4 is 10.0 Å². The van der Waals surface area contributed by atoms with Crippen molar-refractivity contribution in [1.29, 1.82) is 0 Å². The molecule has 0 spiro atoms. The minimum absolute atomic E-state index is 0.0913. The number of rotatable bonds is 4. The highest BCUT2D eigenvalue weighted by Crippen LogP contribution is 2.14. The lowest BCUT2D eigenvalue weighted by atomic mass is 10.2. The molecule has 0 fully saturated rings. The highest BCUT2D eigenvalue weighted by atomic mass is 32.2. The summed E-state index contributed by atoms with van der Waals surface area (Å²) in [4.78, 5) is 6.92. The SMILES string of the molecule is NCC#Cc1ccccc1S(=O)(=O)NCc1ncc[nH]1. The van der Waals surface area contributed by atoms with E-state index in [0.717, 1.165) is 0 Å². The summed E-state index contributed by atoms with van der Waals surface area (Å²) in [6.07, 6.45) is 3.19. The standard InChI is InChI=1S/C13H14N4O2S/c14-7-3-5-11-4-1-2-6-12(11)20(18,19)17-10-13-15-8-9-16-13/h1-2,4,6,8-9,17H,7,10,14H2,(H,15,16). The quantitative estimate of drug-likeness (QED) is 0.700. The van der Waals surface area contributed by atoms with Gasteiger partial charge in [-0.3, -0.25) is 0 Å². The first-order valence-electron chi connectivity index (χ1n) is 5.89. The molecule has 0 amide bonds. The Morgan fingerprint density at radius 1 is 1.35 bits per heavy atom. The highest BCUT2D eigenvalue weighted by Gasteiger charge is 2.17. The minimum atomic E-state index is -3.65. The van der Waals surface area contributed by atoms with Gasteiger partial charge in [0.05, 0.1) is 18.0 Å². The number of benzene rings is 1. The predicted octanol–water partition coefficient (Wildman–Crippen LogP) is 0.198. The highest BCUT2D eigenvalue weighted by molar-refractivity contribution is 7.89. The predicted molar refractivity (Wildman–Crippen MR) is 75.0 cm³/mol. The van der Waals surface area contributed by atoms with Gasteiger partial charge in [0.2, 0.25) is 10.0 Å². The van der Waals surface area contributed by atoms with Crippen molar-refractivity contribution in [3.05, 3.63) is 48.0 Å². The number of nitrogens with zero attached hydrogens (tertiary/aromatic N) is 1. The Hall–Kier alpha value is -2.14. The van der Waals surface area contributed by atoms with Crippen molar-refractivity contribution in [3.8, 4) is 11.8 Å². The van der Waals surface area contributed by atoms with Crippen LogP contribution in [0.4, 0.5) is 0 Å². The third kappa shape index (κ3) is 3.45. The molecule has 7 heteroatoms. The second kappa shape index (κ2) is 6.34. The summed E-state index contributed by atoms with van der Waals surface area (Å²) in [5.74, 6) is 5.95. The molecule has 1 heterocycles. The van der Waals surface area contributed by atoms with Crippen molar-refractivity contribution < 1.29 is 8.42 Å². The minimum Gasteiger partial charge on any atom is -0.347 e. The van der Waals surface area contributed by atoms with E-state index in [-0.39, 0.29) is 18.0 Å². The zero-order chi connectivity index (χ0) is 14.4. The van der Waals surface area contributed by atoms with Gasteiger partial charge in [0, 0.05) is 18.0 Å². The van der Waals surface area contributed by atoms with Gasteiger partial charge < -0.3 is 10.7 Å². The van der Waals surface area contributed by atoms with Crippen LogP contribution in [0, 0.1) is 11.8 Å². The van der Waals surface area contributed by atoms with Crippen LogP contribution in [0.15, 0.2) is 41.6 Å². The second-order valence-corrected chi connectivity index (χ2v) is 5.60. The molecule has 0 bridgehead atoms. The molecule has 104 valence electrons. The summed E-state index contributed by atoms with van der Waals surface area (Å²) < 4.78 is 27.0. The van der Waals surface area contributed by atoms with Crippen LogP contribution in [-0.2, 0) is 16.6 Å². The van der Waals surface area contributed by atoms with Crippen molar-refractivity contribution in [2.75, 3.05) is 6.54 Å². The van der Waals surface area contributed by atoms with Gasteiger partial charge in [-0.1, -0.05) is 24.0 Å². The molecule has 0 saturated carbocycles. The molecule has 0 radical (unpaired) electrons. The van der Waals surface area contributed by atoms with Gasteiger partial charge in [-0.25, -0.2) is 18.1 Å². The molecule has 0 saturated heterocycles. The molecule has 2 rings (SSSR count). The van der Waals surface area contributed by atoms with Crippen LogP contribution in [0.5, 0.6) is 0 Å². The maximum absolute atomic E-state index is 12.3. The Bertz CT molecular complexity index is 727. The fourth-order valence-electron chi connectivity index (χ4n) is 1.59. The molecule has 20 heavy (non-hydrogen) atoms. The van der Waals surface area contributed by atoms with E-state index in [1.807, 2.05) is 0 Å². The number of sulfonamides is 1. The Morgan fingerprint density at radius 3 is 2.85 bits per heavy atom. The van der Waals surface area contributed by atoms with E-state index in [4.69, 9.17) is 5.73 Å². The van der Waals surface area contributed by atoms with Gasteiger partial charge in [-0.2, -0.15) is 0 Å². The maximum atomic E-state index is 12.3. The van der Waals surface area contributed by atoms with Crippen molar-refractivity contribution in [1.82, 2.24) is 14.7 Å². The Labute approximate surface area is 117 Å². The normalized spacial score (nSPS) is 10.8. The van der Waals surface area contributed by atoms with Crippen molar-refractivity contribution in [2.45, 2.75) is 11.4 Å². The summed E-state index contributed by atoms with van der Waals surface area (Å²) in [6.45, 7) is 0.266. The van der Waals surface area contributed by atoms with E-state index >= 15 is 0 Å². The van der Waals surface area contributed by atoms with Crippen molar-refractivity contribution in [2.24, 2.45) is 5.73 Å². The third-order valence-corrected chi connectivity index (χ3v) is 3.95. The largest absolute Gasteiger partial charge is 0.347 e. The van der Waals surface area contributed by atoms with E-state index in [9.17, 15) is 8.42 Å². The number of imidazole rings is 1. The number of nitrogens with two attached hydrogens (primary N) is 1. The van der Waals surface area contributed by atoms with Crippen LogP contribution >= 0.6 is 0 Å². The third-order valence-electron chi connectivity index (χ3n) is 2.49. The number of aromatic nitrogens is 2. The summed E-state index contributed by atoms with van der Waals surface area (Å²) in [5.41, 5.74) is 5.73. The zero-order valence-electron chi connectivity index (χ0n) is 10.6. The van der Waals surface area contributed by atoms with Crippen LogP contribution < -0.4 is 10.5 Å². The monoisotopic (exact) mass is 290 g/mol. The fraction of sp³-hybridized carbons (Fsp3) is 0.154. The van der Waals surface area contributed by atoms with Gasteiger partial charge in [-0.15, -0.1) is 0 Å². The first-order valence-corrected chi connectivity index (χ1v) is 7.37. The number of hydrogen-bond donors (Lipinski definition) is 3. The molecular weight excluding hydrogens is 276 g/mol. The number of hydrogen-bond acceptors (Lipinski definition) is 4. The first-order chi connectivity index (χ1) is 9.63. The molecule has 0 aliphatic carbocycles. The lowest BCUT2D eigenvalue weighted by molar-refractivity contribution is 0.579. The van der Waals surface area contributed by atoms with E-state index in [1.54, 1.807) is 30.6 Å². The Kier molecular flexibility index (Phi) is 4.53. The molecule has 1 aromatic heterocycles. The number of H-pyrrole nitrogens is 1. The number of aromatic amines is 1. The van der Waals surface area contributed by atoms with Gasteiger partial charge in [0.1, 0.15) is 5.82 Å². The summed E-state index contributed by atoms with van der Waals surface area (Å²) in [7, 11) is -3.65. The topological polar surface area (TPSA) is 101 Å². The maximum Gasteiger partial charge on any atom is 0.242 e. The first kappa shape index (κ1) is 14.3. The second-order valence-electron chi connectivity index (χ2n) is 3.86.